The van der Waals surface area contributed by atoms with Gasteiger partial charge in [-0.1, -0.05) is 36.6 Å². The van der Waals surface area contributed by atoms with Crippen LogP contribution in [0.15, 0.2) is 36.5 Å². The van der Waals surface area contributed by atoms with Crippen molar-refractivity contribution in [3.8, 4) is 0 Å². The monoisotopic (exact) mass is 331 g/mol. The van der Waals surface area contributed by atoms with Crippen molar-refractivity contribution in [2.45, 2.75) is 38.1 Å². The summed E-state index contributed by atoms with van der Waals surface area (Å²) in [5.41, 5.74) is 2.02. The van der Waals surface area contributed by atoms with Gasteiger partial charge >= 0.3 is 0 Å². The van der Waals surface area contributed by atoms with Gasteiger partial charge in [0.05, 0.1) is 18.2 Å². The molecule has 0 unspecified atom stereocenters. The lowest BCUT2D eigenvalue weighted by atomic mass is 9.84. The molecule has 1 aliphatic carbocycles. The van der Waals surface area contributed by atoms with Crippen LogP contribution in [-0.4, -0.2) is 15.7 Å². The van der Waals surface area contributed by atoms with Gasteiger partial charge in [0.2, 0.25) is 5.91 Å². The number of carbonyl (C=O) groups excluding carboxylic acids is 1. The fourth-order valence-electron chi connectivity index (χ4n) is 3.49. The van der Waals surface area contributed by atoms with E-state index in [-0.39, 0.29) is 11.8 Å². The van der Waals surface area contributed by atoms with E-state index in [4.69, 9.17) is 11.6 Å². The quantitative estimate of drug-likeness (QED) is 0.908. The number of nitrogens with zero attached hydrogens (tertiary/aromatic N) is 2. The molecule has 1 amide bonds. The van der Waals surface area contributed by atoms with Crippen LogP contribution in [-0.2, 0) is 18.4 Å². The Morgan fingerprint density at radius 1 is 1.39 bits per heavy atom. The van der Waals surface area contributed by atoms with Gasteiger partial charge in [0, 0.05) is 18.3 Å². The largest absolute Gasteiger partial charge is 0.350 e. The van der Waals surface area contributed by atoms with Crippen LogP contribution < -0.4 is 5.32 Å². The average Bonchev–Trinajstić information content (AvgIpc) is 3.18. The summed E-state index contributed by atoms with van der Waals surface area (Å²) in [5, 5.41) is 7.90. The first kappa shape index (κ1) is 16.1. The molecule has 1 N–H and O–H groups in total. The van der Waals surface area contributed by atoms with Crippen LogP contribution in [0, 0.1) is 5.92 Å². The van der Waals surface area contributed by atoms with Gasteiger partial charge in [-0.2, -0.15) is 5.10 Å². The van der Waals surface area contributed by atoms with Gasteiger partial charge in [-0.05, 0) is 42.5 Å². The number of hydrogen-bond donors (Lipinski definition) is 1. The molecule has 1 aliphatic rings. The zero-order valence-corrected chi connectivity index (χ0v) is 14.1. The van der Waals surface area contributed by atoms with E-state index in [0.29, 0.717) is 17.5 Å². The fraction of sp³-hybridized carbons (Fsp3) is 0.444. The minimum Gasteiger partial charge on any atom is -0.350 e. The number of amides is 1. The Balaban J connectivity index is 1.77. The zero-order valence-electron chi connectivity index (χ0n) is 13.3. The predicted molar refractivity (Wildman–Crippen MR) is 91.2 cm³/mol. The van der Waals surface area contributed by atoms with Crippen molar-refractivity contribution in [2.24, 2.45) is 13.0 Å². The number of hydrogen-bond acceptors (Lipinski definition) is 2. The first-order chi connectivity index (χ1) is 11.1. The molecule has 3 rings (SSSR count). The maximum atomic E-state index is 12.9. The molecule has 1 aromatic heterocycles. The molecule has 0 saturated heterocycles. The topological polar surface area (TPSA) is 46.9 Å². The lowest BCUT2D eigenvalue weighted by molar-refractivity contribution is -0.123. The third-order valence-electron chi connectivity index (χ3n) is 4.73. The van der Waals surface area contributed by atoms with E-state index < -0.39 is 0 Å². The molecule has 0 spiro atoms. The molecule has 0 aliphatic heterocycles. The molecule has 23 heavy (non-hydrogen) atoms. The Morgan fingerprint density at radius 3 is 2.83 bits per heavy atom. The third-order valence-corrected chi connectivity index (χ3v) is 4.96. The molecule has 2 aromatic rings. The molecule has 122 valence electrons. The van der Waals surface area contributed by atoms with Crippen LogP contribution in [0.2, 0.25) is 5.02 Å². The Kier molecular flexibility index (Phi) is 5.01. The number of aryl methyl sites for hydroxylation is 1. The number of halogens is 1. The van der Waals surface area contributed by atoms with E-state index in [2.05, 4.69) is 10.4 Å². The Bertz CT molecular complexity index is 676. The Labute approximate surface area is 141 Å². The average molecular weight is 332 g/mol. The van der Waals surface area contributed by atoms with Crippen LogP contribution in [0.1, 0.15) is 42.9 Å². The first-order valence-electron chi connectivity index (χ1n) is 8.15. The highest BCUT2D eigenvalue weighted by molar-refractivity contribution is 6.30. The summed E-state index contributed by atoms with van der Waals surface area (Å²) in [6.45, 7) is 0.499. The summed E-state index contributed by atoms with van der Waals surface area (Å²) >= 11 is 6.14. The lowest BCUT2D eigenvalue weighted by Gasteiger charge is -2.23. The van der Waals surface area contributed by atoms with Gasteiger partial charge in [-0.3, -0.25) is 9.48 Å². The molecule has 5 heteroatoms. The van der Waals surface area contributed by atoms with Crippen LogP contribution in [0.5, 0.6) is 0 Å². The Morgan fingerprint density at radius 2 is 2.17 bits per heavy atom. The molecular formula is C18H22ClN3O. The van der Waals surface area contributed by atoms with E-state index in [0.717, 1.165) is 24.1 Å². The third kappa shape index (κ3) is 3.75. The summed E-state index contributed by atoms with van der Waals surface area (Å²) in [5.74, 6) is 0.366. The first-order valence-corrected chi connectivity index (χ1v) is 8.53. The maximum Gasteiger partial charge on any atom is 0.228 e. The molecule has 1 saturated carbocycles. The number of rotatable bonds is 5. The van der Waals surface area contributed by atoms with Gasteiger partial charge in [-0.15, -0.1) is 0 Å². The van der Waals surface area contributed by atoms with Gasteiger partial charge < -0.3 is 5.32 Å². The van der Waals surface area contributed by atoms with Crippen LogP contribution in [0.4, 0.5) is 0 Å². The molecule has 1 atom stereocenters. The number of carbonyl (C=O) groups is 1. The van der Waals surface area contributed by atoms with E-state index in [1.54, 1.807) is 10.9 Å². The fourth-order valence-corrected chi connectivity index (χ4v) is 3.69. The molecule has 1 heterocycles. The summed E-state index contributed by atoms with van der Waals surface area (Å²) in [6, 6.07) is 9.63. The van der Waals surface area contributed by atoms with E-state index >= 15 is 0 Å². The molecular weight excluding hydrogens is 310 g/mol. The van der Waals surface area contributed by atoms with Crippen molar-refractivity contribution in [1.82, 2.24) is 15.1 Å². The minimum absolute atomic E-state index is 0.0837. The van der Waals surface area contributed by atoms with E-state index in [1.165, 1.54) is 12.8 Å². The van der Waals surface area contributed by atoms with Crippen molar-refractivity contribution in [1.29, 1.82) is 0 Å². The standard InChI is InChI=1S/C18H22ClN3O/c1-22-16(9-10-21-22)12-20-18(23)17(13-5-2-3-6-13)14-7-4-8-15(19)11-14/h4,7-11,13,17H,2-3,5-6,12H2,1H3,(H,20,23)/t17-/m0/s1. The maximum absolute atomic E-state index is 12.9. The molecule has 1 fully saturated rings. The predicted octanol–water partition coefficient (Wildman–Crippen LogP) is 3.66. The summed E-state index contributed by atoms with van der Waals surface area (Å²) in [7, 11) is 1.88. The normalized spacial score (nSPS) is 16.4. The van der Waals surface area contributed by atoms with Crippen molar-refractivity contribution in [3.63, 3.8) is 0 Å². The van der Waals surface area contributed by atoms with Gasteiger partial charge in [-0.25, -0.2) is 0 Å². The zero-order chi connectivity index (χ0) is 16.2. The lowest BCUT2D eigenvalue weighted by Crippen LogP contribution is -2.33. The molecule has 0 radical (unpaired) electrons. The highest BCUT2D eigenvalue weighted by atomic mass is 35.5. The van der Waals surface area contributed by atoms with Crippen LogP contribution >= 0.6 is 11.6 Å². The highest BCUT2D eigenvalue weighted by Crippen LogP contribution is 2.38. The molecule has 4 nitrogen and oxygen atoms in total. The number of aromatic nitrogens is 2. The second kappa shape index (κ2) is 7.18. The van der Waals surface area contributed by atoms with Gasteiger partial charge in [0.25, 0.3) is 0 Å². The van der Waals surface area contributed by atoms with E-state index in [1.807, 2.05) is 37.4 Å². The van der Waals surface area contributed by atoms with Crippen LogP contribution in [0.25, 0.3) is 0 Å². The van der Waals surface area contributed by atoms with Crippen molar-refractivity contribution >= 4 is 17.5 Å². The molecule has 1 aromatic carbocycles. The second-order valence-corrected chi connectivity index (χ2v) is 6.68. The summed E-state index contributed by atoms with van der Waals surface area (Å²) < 4.78 is 1.78. The highest BCUT2D eigenvalue weighted by Gasteiger charge is 2.32. The van der Waals surface area contributed by atoms with Crippen molar-refractivity contribution in [2.75, 3.05) is 0 Å². The van der Waals surface area contributed by atoms with Crippen molar-refractivity contribution < 1.29 is 4.79 Å². The second-order valence-electron chi connectivity index (χ2n) is 6.24. The van der Waals surface area contributed by atoms with Crippen molar-refractivity contribution in [3.05, 3.63) is 52.8 Å². The number of nitrogens with one attached hydrogen (secondary N) is 1. The summed E-state index contributed by atoms with van der Waals surface area (Å²) in [4.78, 5) is 12.9. The van der Waals surface area contributed by atoms with E-state index in [9.17, 15) is 4.79 Å². The number of benzene rings is 1. The molecule has 0 bridgehead atoms. The van der Waals surface area contributed by atoms with Gasteiger partial charge in [0.15, 0.2) is 0 Å². The Hall–Kier alpha value is -1.81. The SMILES string of the molecule is Cn1nccc1CNC(=O)[C@H](c1cccc(Cl)c1)C1CCCC1. The van der Waals surface area contributed by atoms with Crippen LogP contribution in [0.3, 0.4) is 0 Å². The smallest absolute Gasteiger partial charge is 0.228 e. The summed E-state index contributed by atoms with van der Waals surface area (Å²) in [6.07, 6.45) is 6.37. The van der Waals surface area contributed by atoms with Gasteiger partial charge in [0.1, 0.15) is 0 Å². The minimum atomic E-state index is -0.121.